The van der Waals surface area contributed by atoms with E-state index in [0.29, 0.717) is 19.0 Å². The van der Waals surface area contributed by atoms with Gasteiger partial charge in [0.05, 0.1) is 41.2 Å². The van der Waals surface area contributed by atoms with Crippen LogP contribution >= 0.6 is 0 Å². The van der Waals surface area contributed by atoms with E-state index in [2.05, 4.69) is 19.9 Å². The number of nitrogens with zero attached hydrogens (tertiary/aromatic N) is 2. The molecule has 1 amide bonds. The smallest absolute Gasteiger partial charge is 0.261 e. The van der Waals surface area contributed by atoms with Crippen molar-refractivity contribution >= 4 is 33.1 Å². The molecule has 166 valence electrons. The van der Waals surface area contributed by atoms with Gasteiger partial charge in [0.1, 0.15) is 11.6 Å². The van der Waals surface area contributed by atoms with E-state index in [9.17, 15) is 17.6 Å². The van der Waals surface area contributed by atoms with Crippen molar-refractivity contribution in [3.63, 3.8) is 0 Å². The highest BCUT2D eigenvalue weighted by atomic mass is 32.2. The topological polar surface area (TPSA) is 101 Å². The number of pyridine rings is 1. The number of benzene rings is 2. The van der Waals surface area contributed by atoms with Gasteiger partial charge in [-0.05, 0) is 48.5 Å². The van der Waals surface area contributed by atoms with Gasteiger partial charge in [-0.25, -0.2) is 17.8 Å². The van der Waals surface area contributed by atoms with Crippen molar-refractivity contribution < 1.29 is 22.3 Å². The standard InChI is InChI=1S/C22H21FN4O4S/c23-16-5-8-18(9-6-16)32(29,30)26-20-4-2-1-3-19(20)22(28)25-21-10-7-17(15-24-21)27-11-13-31-14-12-27/h1-10,15,26H,11-14H2,(H,24,25,28). The first kappa shape index (κ1) is 21.7. The number of morpholine rings is 1. The largest absolute Gasteiger partial charge is 0.378 e. The fraction of sp³-hybridized carbons (Fsp3) is 0.182. The SMILES string of the molecule is O=C(Nc1ccc(N2CCOCC2)cn1)c1ccccc1NS(=O)(=O)c1ccc(F)cc1. The summed E-state index contributed by atoms with van der Waals surface area (Å²) in [5.41, 5.74) is 1.15. The van der Waals surface area contributed by atoms with Gasteiger partial charge in [0.15, 0.2) is 0 Å². The fourth-order valence-electron chi connectivity index (χ4n) is 3.24. The number of carbonyl (C=O) groups excluding carboxylic acids is 1. The summed E-state index contributed by atoms with van der Waals surface area (Å²) in [5.74, 6) is -0.729. The van der Waals surface area contributed by atoms with Crippen LogP contribution in [-0.4, -0.2) is 45.6 Å². The summed E-state index contributed by atoms with van der Waals surface area (Å²) in [6, 6.07) is 14.2. The summed E-state index contributed by atoms with van der Waals surface area (Å²) >= 11 is 0. The minimum Gasteiger partial charge on any atom is -0.378 e. The fourth-order valence-corrected chi connectivity index (χ4v) is 4.32. The van der Waals surface area contributed by atoms with E-state index < -0.39 is 21.7 Å². The highest BCUT2D eigenvalue weighted by Crippen LogP contribution is 2.22. The first-order chi connectivity index (χ1) is 15.4. The highest BCUT2D eigenvalue weighted by Gasteiger charge is 2.19. The second-order valence-electron chi connectivity index (χ2n) is 7.06. The van der Waals surface area contributed by atoms with Crippen molar-refractivity contribution in [3.8, 4) is 0 Å². The number of carbonyl (C=O) groups is 1. The number of hydrogen-bond donors (Lipinski definition) is 2. The maximum atomic E-state index is 13.1. The van der Waals surface area contributed by atoms with Gasteiger partial charge in [0, 0.05) is 13.1 Å². The first-order valence-electron chi connectivity index (χ1n) is 9.90. The van der Waals surface area contributed by atoms with Gasteiger partial charge in [-0.2, -0.15) is 0 Å². The zero-order valence-electron chi connectivity index (χ0n) is 17.0. The van der Waals surface area contributed by atoms with Crippen molar-refractivity contribution in [1.82, 2.24) is 4.98 Å². The molecule has 0 unspecified atom stereocenters. The molecule has 1 aromatic heterocycles. The normalized spacial score (nSPS) is 14.1. The number of halogens is 1. The van der Waals surface area contributed by atoms with Crippen molar-refractivity contribution in [3.05, 3.63) is 78.2 Å². The quantitative estimate of drug-likeness (QED) is 0.591. The summed E-state index contributed by atoms with van der Waals surface area (Å²) in [6.45, 7) is 2.86. The molecular weight excluding hydrogens is 435 g/mol. The molecule has 0 radical (unpaired) electrons. The van der Waals surface area contributed by atoms with Gasteiger partial charge in [-0.1, -0.05) is 12.1 Å². The molecule has 10 heteroatoms. The number of para-hydroxylation sites is 1. The van der Waals surface area contributed by atoms with E-state index in [4.69, 9.17) is 4.74 Å². The second kappa shape index (κ2) is 9.33. The molecule has 0 saturated carbocycles. The molecule has 1 fully saturated rings. The third kappa shape index (κ3) is 5.04. The molecule has 0 bridgehead atoms. The molecule has 32 heavy (non-hydrogen) atoms. The van der Waals surface area contributed by atoms with E-state index in [1.807, 2.05) is 6.07 Å². The van der Waals surface area contributed by atoms with E-state index in [1.165, 1.54) is 12.1 Å². The van der Waals surface area contributed by atoms with E-state index in [1.54, 1.807) is 24.4 Å². The number of ether oxygens (including phenoxy) is 1. The van der Waals surface area contributed by atoms with Crippen LogP contribution in [0.2, 0.25) is 0 Å². The number of hydrogen-bond acceptors (Lipinski definition) is 6. The number of nitrogens with one attached hydrogen (secondary N) is 2. The van der Waals surface area contributed by atoms with Crippen LogP contribution in [0, 0.1) is 5.82 Å². The molecule has 1 saturated heterocycles. The minimum absolute atomic E-state index is 0.0965. The molecule has 1 aliphatic rings. The number of amides is 1. The lowest BCUT2D eigenvalue weighted by molar-refractivity contribution is 0.102. The highest BCUT2D eigenvalue weighted by molar-refractivity contribution is 7.92. The van der Waals surface area contributed by atoms with Crippen LogP contribution in [0.25, 0.3) is 0 Å². The molecule has 2 aromatic carbocycles. The Balaban J connectivity index is 1.49. The lowest BCUT2D eigenvalue weighted by Gasteiger charge is -2.28. The molecule has 0 aliphatic carbocycles. The Hall–Kier alpha value is -3.50. The monoisotopic (exact) mass is 456 g/mol. The Kier molecular flexibility index (Phi) is 6.33. The molecule has 8 nitrogen and oxygen atoms in total. The lowest BCUT2D eigenvalue weighted by atomic mass is 10.1. The molecule has 0 atom stereocenters. The Morgan fingerprint density at radius 2 is 1.72 bits per heavy atom. The van der Waals surface area contributed by atoms with Crippen LogP contribution in [0.1, 0.15) is 10.4 Å². The van der Waals surface area contributed by atoms with Crippen LogP contribution in [0.5, 0.6) is 0 Å². The third-order valence-corrected chi connectivity index (χ3v) is 6.29. The first-order valence-corrected chi connectivity index (χ1v) is 11.4. The van der Waals surface area contributed by atoms with Crippen LogP contribution in [0.4, 0.5) is 21.6 Å². The van der Waals surface area contributed by atoms with Crippen LogP contribution < -0.4 is 14.9 Å². The van der Waals surface area contributed by atoms with Gasteiger partial charge in [0.25, 0.3) is 15.9 Å². The molecule has 3 aromatic rings. The molecule has 1 aliphatic heterocycles. The van der Waals surface area contributed by atoms with E-state index in [0.717, 1.165) is 43.0 Å². The van der Waals surface area contributed by atoms with Gasteiger partial charge in [0.2, 0.25) is 0 Å². The van der Waals surface area contributed by atoms with Gasteiger partial charge in [-0.15, -0.1) is 0 Å². The molecule has 0 spiro atoms. The zero-order chi connectivity index (χ0) is 22.6. The van der Waals surface area contributed by atoms with Gasteiger partial charge < -0.3 is 15.0 Å². The number of sulfonamides is 1. The Labute approximate surface area is 185 Å². The summed E-state index contributed by atoms with van der Waals surface area (Å²) in [4.78, 5) is 19.1. The van der Waals surface area contributed by atoms with Crippen LogP contribution in [0.3, 0.4) is 0 Å². The number of aromatic nitrogens is 1. The Bertz CT molecular complexity index is 1200. The Morgan fingerprint density at radius 1 is 1.00 bits per heavy atom. The predicted octanol–water partition coefficient (Wildman–Crippen LogP) is 3.11. The Morgan fingerprint density at radius 3 is 2.41 bits per heavy atom. The van der Waals surface area contributed by atoms with Crippen LogP contribution in [0.15, 0.2) is 71.8 Å². The van der Waals surface area contributed by atoms with Crippen molar-refractivity contribution in [2.75, 3.05) is 41.2 Å². The summed E-state index contributed by atoms with van der Waals surface area (Å²) in [6.07, 6.45) is 1.67. The second-order valence-corrected chi connectivity index (χ2v) is 8.74. The van der Waals surface area contributed by atoms with Gasteiger partial charge in [-0.3, -0.25) is 9.52 Å². The van der Waals surface area contributed by atoms with Crippen molar-refractivity contribution in [2.24, 2.45) is 0 Å². The summed E-state index contributed by atoms with van der Waals surface area (Å²) in [7, 11) is -4.01. The molecule has 4 rings (SSSR count). The third-order valence-electron chi connectivity index (χ3n) is 4.91. The van der Waals surface area contributed by atoms with E-state index in [-0.39, 0.29) is 16.1 Å². The maximum Gasteiger partial charge on any atom is 0.261 e. The summed E-state index contributed by atoms with van der Waals surface area (Å²) in [5, 5.41) is 2.68. The van der Waals surface area contributed by atoms with Gasteiger partial charge >= 0.3 is 0 Å². The average Bonchev–Trinajstić information content (AvgIpc) is 2.80. The predicted molar refractivity (Wildman–Crippen MR) is 119 cm³/mol. The molecular formula is C22H21FN4O4S. The van der Waals surface area contributed by atoms with E-state index >= 15 is 0 Å². The lowest BCUT2D eigenvalue weighted by Crippen LogP contribution is -2.36. The zero-order valence-corrected chi connectivity index (χ0v) is 17.8. The maximum absolute atomic E-state index is 13.1. The average molecular weight is 456 g/mol. The van der Waals surface area contributed by atoms with Crippen molar-refractivity contribution in [1.29, 1.82) is 0 Å². The van der Waals surface area contributed by atoms with Crippen LogP contribution in [-0.2, 0) is 14.8 Å². The molecule has 2 heterocycles. The number of rotatable bonds is 6. The summed E-state index contributed by atoms with van der Waals surface area (Å²) < 4.78 is 46.1. The number of anilines is 3. The minimum atomic E-state index is -4.01. The van der Waals surface area contributed by atoms with Crippen molar-refractivity contribution in [2.45, 2.75) is 4.90 Å². The molecule has 2 N–H and O–H groups in total.